The van der Waals surface area contributed by atoms with Gasteiger partial charge in [-0.05, 0) is 41.1 Å². The molecule has 0 heterocycles. The number of anilines is 1. The van der Waals surface area contributed by atoms with Gasteiger partial charge in [0, 0.05) is 10.2 Å². The largest absolute Gasteiger partial charge is 0.468 e. The van der Waals surface area contributed by atoms with Crippen LogP contribution in [0.3, 0.4) is 0 Å². The summed E-state index contributed by atoms with van der Waals surface area (Å²) in [6.07, 6.45) is 0. The van der Waals surface area contributed by atoms with E-state index in [9.17, 15) is 13.2 Å². The second kappa shape index (κ2) is 5.68. The Bertz CT molecular complexity index is 559. The summed E-state index contributed by atoms with van der Waals surface area (Å²) in [5, 5.41) is 0. The molecule has 0 amide bonds. The molecule has 1 aromatic carbocycles. The van der Waals surface area contributed by atoms with Gasteiger partial charge in [0.15, 0.2) is 0 Å². The van der Waals surface area contributed by atoms with Crippen molar-refractivity contribution in [3.8, 4) is 0 Å². The predicted molar refractivity (Wildman–Crippen MR) is 70.4 cm³/mol. The summed E-state index contributed by atoms with van der Waals surface area (Å²) in [7, 11) is -2.63. The fourth-order valence-corrected chi connectivity index (χ4v) is 3.54. The van der Waals surface area contributed by atoms with Crippen LogP contribution < -0.4 is 10.5 Å². The zero-order valence-corrected chi connectivity index (χ0v) is 12.2. The number of benzene rings is 1. The van der Waals surface area contributed by atoms with Gasteiger partial charge in [-0.25, -0.2) is 8.42 Å². The van der Waals surface area contributed by atoms with Gasteiger partial charge < -0.3 is 10.5 Å². The van der Waals surface area contributed by atoms with Crippen molar-refractivity contribution in [1.82, 2.24) is 4.72 Å². The molecular formula is C10H13BrN2O4S. The van der Waals surface area contributed by atoms with Gasteiger partial charge in [0.25, 0.3) is 0 Å². The zero-order valence-electron chi connectivity index (χ0n) is 9.81. The molecule has 1 unspecified atom stereocenters. The Kier molecular flexibility index (Phi) is 4.71. The van der Waals surface area contributed by atoms with Crippen molar-refractivity contribution in [1.29, 1.82) is 0 Å². The monoisotopic (exact) mass is 336 g/mol. The number of hydrogen-bond acceptors (Lipinski definition) is 5. The van der Waals surface area contributed by atoms with E-state index < -0.39 is 22.0 Å². The third-order valence-electron chi connectivity index (χ3n) is 2.13. The van der Waals surface area contributed by atoms with Crippen LogP contribution in [0, 0.1) is 0 Å². The second-order valence-corrected chi connectivity index (χ2v) is 6.09. The van der Waals surface area contributed by atoms with E-state index in [1.807, 2.05) is 0 Å². The molecule has 0 aliphatic heterocycles. The lowest BCUT2D eigenvalue weighted by Gasteiger charge is -2.13. The van der Waals surface area contributed by atoms with E-state index in [1.54, 1.807) is 0 Å². The lowest BCUT2D eigenvalue weighted by Crippen LogP contribution is -2.39. The highest BCUT2D eigenvalue weighted by molar-refractivity contribution is 9.10. The van der Waals surface area contributed by atoms with Gasteiger partial charge in [0.05, 0.1) is 12.0 Å². The number of hydrogen-bond donors (Lipinski definition) is 2. The van der Waals surface area contributed by atoms with Gasteiger partial charge in [-0.15, -0.1) is 0 Å². The first-order chi connectivity index (χ1) is 8.27. The van der Waals surface area contributed by atoms with Crippen LogP contribution in [0.2, 0.25) is 0 Å². The summed E-state index contributed by atoms with van der Waals surface area (Å²) < 4.78 is 31.0. The van der Waals surface area contributed by atoms with Crippen LogP contribution in [0.5, 0.6) is 0 Å². The molecule has 0 fully saturated rings. The number of rotatable bonds is 4. The first-order valence-electron chi connectivity index (χ1n) is 4.93. The van der Waals surface area contributed by atoms with Gasteiger partial charge in [-0.2, -0.15) is 4.72 Å². The van der Waals surface area contributed by atoms with Crippen LogP contribution in [-0.4, -0.2) is 27.5 Å². The summed E-state index contributed by atoms with van der Waals surface area (Å²) in [5.74, 6) is -0.662. The topological polar surface area (TPSA) is 98.5 Å². The smallest absolute Gasteiger partial charge is 0.323 e. The number of halogens is 1. The van der Waals surface area contributed by atoms with Crippen LogP contribution >= 0.6 is 15.9 Å². The molecule has 3 N–H and O–H groups in total. The van der Waals surface area contributed by atoms with Crippen molar-refractivity contribution in [3.63, 3.8) is 0 Å². The van der Waals surface area contributed by atoms with Gasteiger partial charge in [0.2, 0.25) is 10.0 Å². The van der Waals surface area contributed by atoms with Crippen molar-refractivity contribution in [2.45, 2.75) is 17.9 Å². The number of sulfonamides is 1. The predicted octanol–water partition coefficient (Wildman–Crippen LogP) is 0.871. The number of nitrogens with two attached hydrogens (primary N) is 1. The van der Waals surface area contributed by atoms with E-state index in [-0.39, 0.29) is 4.90 Å². The maximum absolute atomic E-state index is 12.0. The molecule has 18 heavy (non-hydrogen) atoms. The Morgan fingerprint density at radius 3 is 2.61 bits per heavy atom. The van der Waals surface area contributed by atoms with E-state index in [4.69, 9.17) is 5.73 Å². The van der Waals surface area contributed by atoms with E-state index >= 15 is 0 Å². The first-order valence-corrected chi connectivity index (χ1v) is 7.20. The molecule has 1 rings (SSSR count). The molecule has 8 heteroatoms. The van der Waals surface area contributed by atoms with Gasteiger partial charge in [-0.1, -0.05) is 0 Å². The summed E-state index contributed by atoms with van der Waals surface area (Å²) >= 11 is 3.11. The number of ether oxygens (including phenoxy) is 1. The molecule has 1 aromatic rings. The third kappa shape index (κ3) is 3.44. The van der Waals surface area contributed by atoms with E-state index in [1.165, 1.54) is 32.2 Å². The van der Waals surface area contributed by atoms with E-state index in [0.29, 0.717) is 10.2 Å². The maximum atomic E-state index is 12.0. The highest BCUT2D eigenvalue weighted by atomic mass is 79.9. The maximum Gasteiger partial charge on any atom is 0.323 e. The molecule has 0 spiro atoms. The fraction of sp³-hybridized carbons (Fsp3) is 0.300. The molecule has 0 aliphatic rings. The zero-order chi connectivity index (χ0) is 13.9. The van der Waals surface area contributed by atoms with Crippen LogP contribution in [0.15, 0.2) is 27.6 Å². The third-order valence-corrected chi connectivity index (χ3v) is 4.65. The number of nitrogens with one attached hydrogen (secondary N) is 1. The van der Waals surface area contributed by atoms with Crippen molar-refractivity contribution >= 4 is 37.6 Å². The lowest BCUT2D eigenvalue weighted by atomic mass is 10.3. The molecule has 0 saturated carbocycles. The van der Waals surface area contributed by atoms with Crippen LogP contribution in [0.4, 0.5) is 5.69 Å². The molecule has 100 valence electrons. The molecule has 0 bridgehead atoms. The summed E-state index contributed by atoms with van der Waals surface area (Å²) in [5.41, 5.74) is 5.95. The van der Waals surface area contributed by atoms with E-state index in [0.717, 1.165) is 0 Å². The molecule has 6 nitrogen and oxygen atoms in total. The second-order valence-electron chi connectivity index (χ2n) is 3.56. The Morgan fingerprint density at radius 2 is 2.11 bits per heavy atom. The number of carbonyl (C=O) groups excluding carboxylic acids is 1. The van der Waals surface area contributed by atoms with Crippen molar-refractivity contribution < 1.29 is 17.9 Å². The summed E-state index contributed by atoms with van der Waals surface area (Å²) in [4.78, 5) is 11.2. The Balaban J connectivity index is 3.04. The molecular weight excluding hydrogens is 324 g/mol. The number of esters is 1. The molecule has 0 aliphatic carbocycles. The summed E-state index contributed by atoms with van der Waals surface area (Å²) in [6.45, 7) is 1.40. The Morgan fingerprint density at radius 1 is 1.50 bits per heavy atom. The van der Waals surface area contributed by atoms with Crippen LogP contribution in [0.1, 0.15) is 6.92 Å². The highest BCUT2D eigenvalue weighted by Crippen LogP contribution is 2.24. The SMILES string of the molecule is COC(=O)C(C)NS(=O)(=O)c1ccc(N)cc1Br. The van der Waals surface area contributed by atoms with Gasteiger partial charge >= 0.3 is 5.97 Å². The van der Waals surface area contributed by atoms with Gasteiger partial charge in [0.1, 0.15) is 6.04 Å². The number of methoxy groups -OCH3 is 1. The first kappa shape index (κ1) is 14.9. The Labute approximate surface area is 114 Å². The van der Waals surface area contributed by atoms with Crippen LogP contribution in [-0.2, 0) is 19.6 Å². The van der Waals surface area contributed by atoms with Crippen molar-refractivity contribution in [3.05, 3.63) is 22.7 Å². The summed E-state index contributed by atoms with van der Waals surface area (Å²) in [6, 6.07) is 3.31. The van der Waals surface area contributed by atoms with E-state index in [2.05, 4.69) is 25.4 Å². The van der Waals surface area contributed by atoms with Crippen molar-refractivity contribution in [2.24, 2.45) is 0 Å². The number of nitrogen functional groups attached to an aromatic ring is 1. The fourth-order valence-electron chi connectivity index (χ4n) is 1.26. The standard InChI is InChI=1S/C10H13BrN2O4S/c1-6(10(14)17-2)13-18(15,16)9-4-3-7(12)5-8(9)11/h3-6,13H,12H2,1-2H3. The average Bonchev–Trinajstić information content (AvgIpc) is 2.26. The highest BCUT2D eigenvalue weighted by Gasteiger charge is 2.24. The normalized spacial score (nSPS) is 13.1. The minimum atomic E-state index is -3.82. The number of carbonyl (C=O) groups is 1. The molecule has 1 atom stereocenters. The lowest BCUT2D eigenvalue weighted by molar-refractivity contribution is -0.142. The molecule has 0 radical (unpaired) electrons. The Hall–Kier alpha value is -1.12. The van der Waals surface area contributed by atoms with Crippen LogP contribution in [0.25, 0.3) is 0 Å². The van der Waals surface area contributed by atoms with Crippen molar-refractivity contribution in [2.75, 3.05) is 12.8 Å². The minimum absolute atomic E-state index is 0.00690. The molecule has 0 saturated heterocycles. The van der Waals surface area contributed by atoms with Gasteiger partial charge in [-0.3, -0.25) is 4.79 Å². The molecule has 0 aromatic heterocycles. The average molecular weight is 337 g/mol. The quantitative estimate of drug-likeness (QED) is 0.628. The minimum Gasteiger partial charge on any atom is -0.468 e.